The fraction of sp³-hybridized carbons (Fsp3) is 0.250. The van der Waals surface area contributed by atoms with E-state index >= 15 is 0 Å². The highest BCUT2D eigenvalue weighted by Gasteiger charge is 2.15. The number of allylic oxidation sites excluding steroid dienone is 1. The minimum absolute atomic E-state index is 0.0191. The highest BCUT2D eigenvalue weighted by atomic mass is 16.7. The summed E-state index contributed by atoms with van der Waals surface area (Å²) in [7, 11) is 0. The minimum Gasteiger partial charge on any atom is -0.465 e. The Kier molecular flexibility index (Phi) is 5.22. The topological polar surface area (TPSA) is 35.5 Å². The molecule has 1 atom stereocenters. The van der Waals surface area contributed by atoms with Crippen LogP contribution < -0.4 is 4.74 Å². The Morgan fingerprint density at radius 3 is 2.52 bits per heavy atom. The zero-order chi connectivity index (χ0) is 15.9. The van der Waals surface area contributed by atoms with Gasteiger partial charge >= 0.3 is 0 Å². The average Bonchev–Trinajstić information content (AvgIpc) is 2.62. The molecular weight excluding hydrogens is 288 g/mol. The summed E-state index contributed by atoms with van der Waals surface area (Å²) in [5.41, 5.74) is 1.66. The molecule has 0 N–H and O–H groups in total. The first-order valence-corrected chi connectivity index (χ1v) is 7.97. The van der Waals surface area contributed by atoms with Crippen molar-refractivity contribution in [2.75, 3.05) is 6.61 Å². The van der Waals surface area contributed by atoms with E-state index in [4.69, 9.17) is 9.47 Å². The molecule has 3 heteroatoms. The van der Waals surface area contributed by atoms with Gasteiger partial charge in [0.25, 0.3) is 0 Å². The van der Waals surface area contributed by atoms with Crippen molar-refractivity contribution in [3.8, 4) is 5.75 Å². The van der Waals surface area contributed by atoms with Crippen LogP contribution in [0.15, 0.2) is 60.7 Å². The van der Waals surface area contributed by atoms with Gasteiger partial charge in [-0.1, -0.05) is 36.4 Å². The second kappa shape index (κ2) is 7.75. The summed E-state index contributed by atoms with van der Waals surface area (Å²) in [4.78, 5) is 12.2. The zero-order valence-electron chi connectivity index (χ0n) is 13.0. The molecule has 1 aliphatic rings. The first kappa shape index (κ1) is 15.5. The van der Waals surface area contributed by atoms with Crippen LogP contribution in [0.25, 0.3) is 6.08 Å². The SMILES string of the molecule is O=C(C=Cc1ccccc1)c1ccc(OC2CCCCO2)cc1. The molecule has 3 rings (SSSR count). The van der Waals surface area contributed by atoms with Crippen LogP contribution in [0.3, 0.4) is 0 Å². The molecule has 0 aromatic heterocycles. The van der Waals surface area contributed by atoms with Crippen LogP contribution in [-0.2, 0) is 4.74 Å². The van der Waals surface area contributed by atoms with Crippen LogP contribution in [0.4, 0.5) is 0 Å². The molecule has 1 heterocycles. The first-order chi connectivity index (χ1) is 11.3. The van der Waals surface area contributed by atoms with E-state index in [1.807, 2.05) is 48.5 Å². The third kappa shape index (κ3) is 4.54. The van der Waals surface area contributed by atoms with E-state index in [1.165, 1.54) is 0 Å². The molecule has 1 aliphatic heterocycles. The Balaban J connectivity index is 1.60. The normalized spacial score (nSPS) is 18.0. The summed E-state index contributed by atoms with van der Waals surface area (Å²) < 4.78 is 11.3. The van der Waals surface area contributed by atoms with Crippen LogP contribution >= 0.6 is 0 Å². The maximum atomic E-state index is 12.2. The quantitative estimate of drug-likeness (QED) is 0.603. The highest BCUT2D eigenvalue weighted by Crippen LogP contribution is 2.20. The smallest absolute Gasteiger partial charge is 0.199 e. The Labute approximate surface area is 136 Å². The molecule has 1 fully saturated rings. The van der Waals surface area contributed by atoms with Crippen LogP contribution in [-0.4, -0.2) is 18.7 Å². The Morgan fingerprint density at radius 1 is 1.04 bits per heavy atom. The van der Waals surface area contributed by atoms with Crippen LogP contribution in [0, 0.1) is 0 Å². The van der Waals surface area contributed by atoms with Gasteiger partial charge < -0.3 is 9.47 Å². The monoisotopic (exact) mass is 308 g/mol. The Bertz CT molecular complexity index is 653. The van der Waals surface area contributed by atoms with Gasteiger partial charge in [-0.3, -0.25) is 4.79 Å². The number of rotatable bonds is 5. The van der Waals surface area contributed by atoms with Gasteiger partial charge in [-0.15, -0.1) is 0 Å². The van der Waals surface area contributed by atoms with Crippen molar-refractivity contribution >= 4 is 11.9 Å². The van der Waals surface area contributed by atoms with Crippen molar-refractivity contribution in [2.24, 2.45) is 0 Å². The lowest BCUT2D eigenvalue weighted by atomic mass is 10.1. The standard InChI is InChI=1S/C20H20O3/c21-19(14-9-16-6-2-1-3-7-16)17-10-12-18(13-11-17)23-20-8-4-5-15-22-20/h1-3,6-7,9-14,20H,4-5,8,15H2. The summed E-state index contributed by atoms with van der Waals surface area (Å²) >= 11 is 0. The fourth-order valence-electron chi connectivity index (χ4n) is 2.49. The van der Waals surface area contributed by atoms with Gasteiger partial charge in [-0.2, -0.15) is 0 Å². The van der Waals surface area contributed by atoms with E-state index in [9.17, 15) is 4.79 Å². The van der Waals surface area contributed by atoms with Crippen molar-refractivity contribution in [3.05, 3.63) is 71.8 Å². The number of ether oxygens (including phenoxy) is 2. The Morgan fingerprint density at radius 2 is 1.83 bits per heavy atom. The van der Waals surface area contributed by atoms with Gasteiger partial charge in [0.2, 0.25) is 0 Å². The van der Waals surface area contributed by atoms with Gasteiger partial charge in [-0.05, 0) is 48.7 Å². The molecular formula is C20H20O3. The van der Waals surface area contributed by atoms with Gasteiger partial charge in [0.05, 0.1) is 6.61 Å². The lowest BCUT2D eigenvalue weighted by molar-refractivity contribution is -0.105. The van der Waals surface area contributed by atoms with Gasteiger partial charge in [-0.25, -0.2) is 0 Å². The van der Waals surface area contributed by atoms with Crippen LogP contribution in [0.2, 0.25) is 0 Å². The summed E-state index contributed by atoms with van der Waals surface area (Å²) in [6, 6.07) is 17.0. The van der Waals surface area contributed by atoms with E-state index in [0.29, 0.717) is 5.56 Å². The molecule has 1 unspecified atom stereocenters. The number of carbonyl (C=O) groups is 1. The average molecular weight is 308 g/mol. The molecule has 0 bridgehead atoms. The van der Waals surface area contributed by atoms with Gasteiger partial charge in [0, 0.05) is 12.0 Å². The first-order valence-electron chi connectivity index (χ1n) is 7.97. The molecule has 0 radical (unpaired) electrons. The van der Waals surface area contributed by atoms with E-state index in [2.05, 4.69) is 0 Å². The van der Waals surface area contributed by atoms with Crippen molar-refractivity contribution in [3.63, 3.8) is 0 Å². The second-order valence-corrected chi connectivity index (χ2v) is 5.55. The van der Waals surface area contributed by atoms with Crippen molar-refractivity contribution in [1.29, 1.82) is 0 Å². The lowest BCUT2D eigenvalue weighted by Crippen LogP contribution is -2.24. The van der Waals surface area contributed by atoms with Crippen molar-refractivity contribution in [2.45, 2.75) is 25.6 Å². The number of benzene rings is 2. The molecule has 23 heavy (non-hydrogen) atoms. The maximum Gasteiger partial charge on any atom is 0.199 e. The van der Waals surface area contributed by atoms with E-state index < -0.39 is 0 Å². The minimum atomic E-state index is -0.164. The molecule has 0 saturated carbocycles. The number of carbonyl (C=O) groups excluding carboxylic acids is 1. The number of ketones is 1. The predicted octanol–water partition coefficient (Wildman–Crippen LogP) is 4.49. The summed E-state index contributed by atoms with van der Waals surface area (Å²) in [6.45, 7) is 0.755. The largest absolute Gasteiger partial charge is 0.465 e. The summed E-state index contributed by atoms with van der Waals surface area (Å²) in [5.74, 6) is 0.717. The molecule has 3 nitrogen and oxygen atoms in total. The van der Waals surface area contributed by atoms with E-state index in [0.717, 1.165) is 37.2 Å². The van der Waals surface area contributed by atoms with Crippen LogP contribution in [0.5, 0.6) is 5.75 Å². The molecule has 118 valence electrons. The number of hydrogen-bond acceptors (Lipinski definition) is 3. The highest BCUT2D eigenvalue weighted by molar-refractivity contribution is 6.06. The summed E-state index contributed by atoms with van der Waals surface area (Å²) in [6.07, 6.45) is 6.40. The van der Waals surface area contributed by atoms with E-state index in [1.54, 1.807) is 18.2 Å². The molecule has 2 aromatic rings. The molecule has 0 aliphatic carbocycles. The molecule has 1 saturated heterocycles. The zero-order valence-corrected chi connectivity index (χ0v) is 13.0. The van der Waals surface area contributed by atoms with Crippen molar-refractivity contribution < 1.29 is 14.3 Å². The van der Waals surface area contributed by atoms with Gasteiger partial charge in [0.1, 0.15) is 5.75 Å². The third-order valence-electron chi connectivity index (χ3n) is 3.77. The summed E-state index contributed by atoms with van der Waals surface area (Å²) in [5, 5.41) is 0. The molecule has 2 aromatic carbocycles. The molecule has 0 spiro atoms. The Hall–Kier alpha value is -2.39. The number of hydrogen-bond donors (Lipinski definition) is 0. The van der Waals surface area contributed by atoms with Crippen LogP contribution in [0.1, 0.15) is 35.2 Å². The van der Waals surface area contributed by atoms with Gasteiger partial charge in [0.15, 0.2) is 12.1 Å². The fourth-order valence-corrected chi connectivity index (χ4v) is 2.49. The molecule has 0 amide bonds. The second-order valence-electron chi connectivity index (χ2n) is 5.55. The lowest BCUT2D eigenvalue weighted by Gasteiger charge is -2.23. The predicted molar refractivity (Wildman–Crippen MR) is 90.5 cm³/mol. The van der Waals surface area contributed by atoms with Crippen molar-refractivity contribution in [1.82, 2.24) is 0 Å². The maximum absolute atomic E-state index is 12.2. The van der Waals surface area contributed by atoms with E-state index in [-0.39, 0.29) is 12.1 Å². The third-order valence-corrected chi connectivity index (χ3v) is 3.77.